The Kier molecular flexibility index (Phi) is 6.26. The third kappa shape index (κ3) is 4.40. The Balaban J connectivity index is 1.12. The van der Waals surface area contributed by atoms with Crippen molar-refractivity contribution in [2.75, 3.05) is 0 Å². The van der Waals surface area contributed by atoms with E-state index in [1.807, 2.05) is 59.1 Å². The largest absolute Gasteiger partial charge is 0.309 e. The third-order valence-corrected chi connectivity index (χ3v) is 12.3. The monoisotopic (exact) mass is 686 g/mol. The topological polar surface area (TPSA) is 43.6 Å². The number of thiophene rings is 2. The van der Waals surface area contributed by atoms with Gasteiger partial charge in [-0.2, -0.15) is 0 Å². The van der Waals surface area contributed by atoms with Crippen molar-refractivity contribution in [1.82, 2.24) is 19.5 Å². The Morgan fingerprint density at radius 3 is 1.65 bits per heavy atom. The molecule has 6 heteroatoms. The van der Waals surface area contributed by atoms with Gasteiger partial charge in [0.25, 0.3) is 0 Å². The fraction of sp³-hybridized carbons (Fsp3) is 0. The number of aromatic nitrogens is 4. The molecule has 4 heterocycles. The molecule has 4 aromatic heterocycles. The smallest absolute Gasteiger partial charge is 0.165 e. The van der Waals surface area contributed by atoms with E-state index in [4.69, 9.17) is 15.0 Å². The summed E-state index contributed by atoms with van der Waals surface area (Å²) >= 11 is 3.71. The second kappa shape index (κ2) is 11.2. The molecule has 0 saturated carbocycles. The van der Waals surface area contributed by atoms with E-state index in [1.54, 1.807) is 0 Å². The van der Waals surface area contributed by atoms with Gasteiger partial charge in [0.05, 0.1) is 11.0 Å². The lowest BCUT2D eigenvalue weighted by Gasteiger charge is -2.09. The summed E-state index contributed by atoms with van der Waals surface area (Å²) in [6.45, 7) is 0. The lowest BCUT2D eigenvalue weighted by atomic mass is 10.1. The summed E-state index contributed by atoms with van der Waals surface area (Å²) in [5, 5.41) is 7.64. The second-order valence-corrected chi connectivity index (χ2v) is 14.9. The molecular weight excluding hydrogens is 661 g/mol. The van der Waals surface area contributed by atoms with Gasteiger partial charge in [0, 0.05) is 73.5 Å². The molecule has 0 N–H and O–H groups in total. The first-order valence-corrected chi connectivity index (χ1v) is 18.6. The normalized spacial score (nSPS) is 11.9. The average molecular weight is 687 g/mol. The zero-order chi connectivity index (χ0) is 33.5. The predicted octanol–water partition coefficient (Wildman–Crippen LogP) is 12.7. The van der Waals surface area contributed by atoms with Gasteiger partial charge in [-0.25, -0.2) is 15.0 Å². The van der Waals surface area contributed by atoms with Crippen molar-refractivity contribution >= 4 is 84.8 Å². The quantitative estimate of drug-likeness (QED) is 0.185. The van der Waals surface area contributed by atoms with Crippen molar-refractivity contribution in [3.8, 4) is 39.9 Å². The summed E-state index contributed by atoms with van der Waals surface area (Å²) in [6, 6.07) is 55.8. The van der Waals surface area contributed by atoms with E-state index in [-0.39, 0.29) is 0 Å². The summed E-state index contributed by atoms with van der Waals surface area (Å²) in [5.41, 5.74) is 6.58. The molecule has 0 amide bonds. The molecule has 4 nitrogen and oxygen atoms in total. The molecule has 0 aliphatic heterocycles. The summed E-state index contributed by atoms with van der Waals surface area (Å²) in [6.07, 6.45) is 0. The number of hydrogen-bond donors (Lipinski definition) is 0. The highest BCUT2D eigenvalue weighted by Crippen LogP contribution is 2.47. The van der Waals surface area contributed by atoms with Gasteiger partial charge in [-0.05, 0) is 36.4 Å². The molecule has 11 aromatic rings. The minimum Gasteiger partial charge on any atom is -0.309 e. The number of fused-ring (bicyclic) bond motifs is 10. The molecule has 0 atom stereocenters. The van der Waals surface area contributed by atoms with E-state index in [1.165, 1.54) is 67.8 Å². The molecule has 0 aliphatic carbocycles. The first-order valence-electron chi connectivity index (χ1n) is 16.9. The Hall–Kier alpha value is -6.21. The second-order valence-electron chi connectivity index (χ2n) is 12.8. The molecule has 0 unspecified atom stereocenters. The Labute approximate surface area is 300 Å². The van der Waals surface area contributed by atoms with Gasteiger partial charge in [0.15, 0.2) is 17.5 Å². The third-order valence-electron chi connectivity index (χ3n) is 9.86. The molecule has 7 aromatic carbocycles. The minimum absolute atomic E-state index is 0.669. The standard InChI is InChI=1S/C45H26N4S2/c1-3-12-27(13-4-1)43-46-44(28-14-5-2-6-15-28)48-45(47-43)35-19-11-18-32-33-24-25-38-40(42(33)51-41(32)35)34-23-22-29(26-39(34)50-38)49-36-20-9-7-16-30(36)31-17-8-10-21-37(31)49/h1-26H. The number of rotatable bonds is 4. The molecule has 238 valence electrons. The SMILES string of the molecule is c1ccc(-c2nc(-c3ccccc3)nc(-c3cccc4c3sc3c4ccc4sc5cc(-n6c7ccccc7c7ccccc76)ccc5c43)n2)cc1. The average Bonchev–Trinajstić information content (AvgIpc) is 3.87. The van der Waals surface area contributed by atoms with Crippen molar-refractivity contribution in [2.24, 2.45) is 0 Å². The molecule has 0 saturated heterocycles. The van der Waals surface area contributed by atoms with E-state index >= 15 is 0 Å². The van der Waals surface area contributed by atoms with Gasteiger partial charge in [-0.15, -0.1) is 22.7 Å². The van der Waals surface area contributed by atoms with Gasteiger partial charge in [0.1, 0.15) is 0 Å². The zero-order valence-electron chi connectivity index (χ0n) is 27.1. The van der Waals surface area contributed by atoms with E-state index < -0.39 is 0 Å². The first-order chi connectivity index (χ1) is 25.3. The van der Waals surface area contributed by atoms with E-state index in [2.05, 4.69) is 126 Å². The van der Waals surface area contributed by atoms with Crippen molar-refractivity contribution < 1.29 is 0 Å². The summed E-state index contributed by atoms with van der Waals surface area (Å²) in [5.74, 6) is 2.02. The van der Waals surface area contributed by atoms with E-state index in [0.717, 1.165) is 16.7 Å². The molecule has 0 fully saturated rings. The number of hydrogen-bond acceptors (Lipinski definition) is 5. The minimum atomic E-state index is 0.669. The van der Waals surface area contributed by atoms with Gasteiger partial charge >= 0.3 is 0 Å². The molecule has 0 spiro atoms. The number of nitrogens with zero attached hydrogens (tertiary/aromatic N) is 4. The van der Waals surface area contributed by atoms with Crippen LogP contribution in [0.5, 0.6) is 0 Å². The number of para-hydroxylation sites is 2. The highest BCUT2D eigenvalue weighted by molar-refractivity contribution is 7.30. The molecule has 0 aliphatic rings. The van der Waals surface area contributed by atoms with Gasteiger partial charge in [0.2, 0.25) is 0 Å². The van der Waals surface area contributed by atoms with Gasteiger partial charge in [-0.3, -0.25) is 0 Å². The fourth-order valence-electron chi connectivity index (χ4n) is 7.55. The number of benzene rings is 7. The maximum absolute atomic E-state index is 5.08. The van der Waals surface area contributed by atoms with Crippen molar-refractivity contribution in [2.45, 2.75) is 0 Å². The molecule has 0 radical (unpaired) electrons. The van der Waals surface area contributed by atoms with Crippen LogP contribution in [0.25, 0.3) is 102 Å². The highest BCUT2D eigenvalue weighted by atomic mass is 32.1. The summed E-state index contributed by atoms with van der Waals surface area (Å²) in [7, 11) is 0. The van der Waals surface area contributed by atoms with Crippen LogP contribution in [0, 0.1) is 0 Å². The molecule has 11 rings (SSSR count). The Morgan fingerprint density at radius 2 is 0.961 bits per heavy atom. The summed E-state index contributed by atoms with van der Waals surface area (Å²) < 4.78 is 7.46. The van der Waals surface area contributed by atoms with Crippen molar-refractivity contribution in [3.63, 3.8) is 0 Å². The molecule has 51 heavy (non-hydrogen) atoms. The lowest BCUT2D eigenvalue weighted by molar-refractivity contribution is 1.08. The first kappa shape index (κ1) is 28.6. The van der Waals surface area contributed by atoms with Crippen LogP contribution in [0.4, 0.5) is 0 Å². The van der Waals surface area contributed by atoms with Crippen LogP contribution < -0.4 is 0 Å². The van der Waals surface area contributed by atoms with Crippen LogP contribution in [-0.4, -0.2) is 19.5 Å². The van der Waals surface area contributed by atoms with E-state index in [0.29, 0.717) is 17.5 Å². The predicted molar refractivity (Wildman–Crippen MR) is 216 cm³/mol. The van der Waals surface area contributed by atoms with Gasteiger partial charge < -0.3 is 4.57 Å². The van der Waals surface area contributed by atoms with E-state index in [9.17, 15) is 0 Å². The zero-order valence-corrected chi connectivity index (χ0v) is 28.7. The molecular formula is C45H26N4S2. The van der Waals surface area contributed by atoms with Crippen LogP contribution in [0.15, 0.2) is 158 Å². The van der Waals surface area contributed by atoms with Gasteiger partial charge in [-0.1, -0.05) is 121 Å². The van der Waals surface area contributed by atoms with Crippen molar-refractivity contribution in [3.05, 3.63) is 158 Å². The Bertz CT molecular complexity index is 3030. The van der Waals surface area contributed by atoms with Crippen LogP contribution in [-0.2, 0) is 0 Å². The maximum Gasteiger partial charge on any atom is 0.165 e. The van der Waals surface area contributed by atoms with Crippen LogP contribution in [0.1, 0.15) is 0 Å². The maximum atomic E-state index is 5.08. The highest BCUT2D eigenvalue weighted by Gasteiger charge is 2.20. The Morgan fingerprint density at radius 1 is 0.392 bits per heavy atom. The van der Waals surface area contributed by atoms with Crippen molar-refractivity contribution in [1.29, 1.82) is 0 Å². The lowest BCUT2D eigenvalue weighted by Crippen LogP contribution is -2.00. The van der Waals surface area contributed by atoms with Crippen LogP contribution in [0.3, 0.4) is 0 Å². The van der Waals surface area contributed by atoms with Crippen LogP contribution in [0.2, 0.25) is 0 Å². The fourth-order valence-corrected chi connectivity index (χ4v) is 10.1. The van der Waals surface area contributed by atoms with Crippen LogP contribution >= 0.6 is 22.7 Å². The molecule has 0 bridgehead atoms. The summed E-state index contributed by atoms with van der Waals surface area (Å²) in [4.78, 5) is 15.1.